The van der Waals surface area contributed by atoms with Crippen LogP contribution in [0.1, 0.15) is 6.42 Å². The van der Waals surface area contributed by atoms with Crippen molar-refractivity contribution in [2.75, 3.05) is 46.2 Å². The van der Waals surface area contributed by atoms with Crippen molar-refractivity contribution in [2.45, 2.75) is 6.42 Å². The van der Waals surface area contributed by atoms with Crippen molar-refractivity contribution < 1.29 is 24.1 Å². The average Bonchev–Trinajstić information content (AvgIpc) is 2.30. The van der Waals surface area contributed by atoms with Gasteiger partial charge in [0.2, 0.25) is 0 Å². The molecule has 1 N–H and O–H groups in total. The van der Waals surface area contributed by atoms with E-state index in [2.05, 4.69) is 10.0 Å². The first-order valence-electron chi connectivity index (χ1n) is 5.23. The molecule has 0 bridgehead atoms. The molecule has 17 heavy (non-hydrogen) atoms. The molecule has 0 aliphatic heterocycles. The topological polar surface area (TPSA) is 114 Å². The van der Waals surface area contributed by atoms with Gasteiger partial charge < -0.3 is 19.3 Å². The Morgan fingerprint density at radius 2 is 1.59 bits per heavy atom. The maximum absolute atomic E-state index is 10.1. The summed E-state index contributed by atoms with van der Waals surface area (Å²) < 4.78 is 15.2. The Morgan fingerprint density at radius 3 is 2.12 bits per heavy atom. The number of ether oxygens (including phenoxy) is 3. The number of carboxylic acids is 1. The van der Waals surface area contributed by atoms with Gasteiger partial charge in [0.05, 0.1) is 46.1 Å². The Morgan fingerprint density at radius 1 is 1.06 bits per heavy atom. The first-order valence-corrected chi connectivity index (χ1v) is 5.23. The molecule has 0 fully saturated rings. The van der Waals surface area contributed by atoms with E-state index in [-0.39, 0.29) is 13.0 Å². The molecule has 0 spiro atoms. The maximum Gasteiger partial charge on any atom is 0.305 e. The first-order chi connectivity index (χ1) is 8.27. The van der Waals surface area contributed by atoms with Crippen molar-refractivity contribution in [1.29, 1.82) is 0 Å². The fourth-order valence-corrected chi connectivity index (χ4v) is 0.851. The number of rotatable bonds is 12. The van der Waals surface area contributed by atoms with E-state index in [0.717, 1.165) is 0 Å². The van der Waals surface area contributed by atoms with Crippen molar-refractivity contribution in [1.82, 2.24) is 0 Å². The van der Waals surface area contributed by atoms with Crippen molar-refractivity contribution in [3.8, 4) is 0 Å². The maximum atomic E-state index is 10.1. The zero-order valence-corrected chi connectivity index (χ0v) is 9.58. The number of hydrogen-bond acceptors (Lipinski definition) is 5. The number of nitrogens with zero attached hydrogens (tertiary/aromatic N) is 3. The molecule has 8 heteroatoms. The predicted octanol–water partition coefficient (Wildman–Crippen LogP) is 0.821. The van der Waals surface area contributed by atoms with E-state index in [4.69, 9.17) is 24.8 Å². The molecule has 0 aliphatic rings. The third-order valence-corrected chi connectivity index (χ3v) is 1.60. The van der Waals surface area contributed by atoms with Crippen molar-refractivity contribution >= 4 is 5.97 Å². The summed E-state index contributed by atoms with van der Waals surface area (Å²) >= 11 is 0. The van der Waals surface area contributed by atoms with Crippen molar-refractivity contribution in [2.24, 2.45) is 5.11 Å². The average molecular weight is 247 g/mol. The Hall–Kier alpha value is -1.34. The van der Waals surface area contributed by atoms with Gasteiger partial charge in [-0.05, 0) is 5.53 Å². The van der Waals surface area contributed by atoms with Crippen LogP contribution in [0.4, 0.5) is 0 Å². The minimum Gasteiger partial charge on any atom is -0.481 e. The first kappa shape index (κ1) is 15.7. The lowest BCUT2D eigenvalue weighted by Crippen LogP contribution is -2.11. The van der Waals surface area contributed by atoms with E-state index in [1.165, 1.54) is 0 Å². The van der Waals surface area contributed by atoms with Gasteiger partial charge in [0.1, 0.15) is 0 Å². The highest BCUT2D eigenvalue weighted by Gasteiger charge is 1.96. The molecule has 98 valence electrons. The monoisotopic (exact) mass is 247 g/mol. The minimum atomic E-state index is -0.876. The molecule has 0 aliphatic carbocycles. The molecule has 0 amide bonds. The van der Waals surface area contributed by atoms with Crippen LogP contribution in [0.3, 0.4) is 0 Å². The van der Waals surface area contributed by atoms with E-state index in [9.17, 15) is 4.79 Å². The molecule has 0 saturated heterocycles. The van der Waals surface area contributed by atoms with E-state index >= 15 is 0 Å². The third kappa shape index (κ3) is 14.7. The van der Waals surface area contributed by atoms with Gasteiger partial charge in [0, 0.05) is 11.5 Å². The van der Waals surface area contributed by atoms with Gasteiger partial charge in [-0.25, -0.2) is 0 Å². The molecule has 0 aromatic heterocycles. The number of carbonyl (C=O) groups is 1. The van der Waals surface area contributed by atoms with Gasteiger partial charge in [0.15, 0.2) is 0 Å². The van der Waals surface area contributed by atoms with Crippen LogP contribution in [0.15, 0.2) is 5.11 Å². The number of azide groups is 1. The van der Waals surface area contributed by atoms with Crippen LogP contribution >= 0.6 is 0 Å². The summed E-state index contributed by atoms with van der Waals surface area (Å²) in [7, 11) is 0. The van der Waals surface area contributed by atoms with Crippen LogP contribution in [-0.2, 0) is 19.0 Å². The molecule has 0 aromatic carbocycles. The Balaban J connectivity index is 2.98. The number of hydrogen-bond donors (Lipinski definition) is 1. The van der Waals surface area contributed by atoms with Crippen LogP contribution in [-0.4, -0.2) is 57.3 Å². The second-order valence-corrected chi connectivity index (χ2v) is 2.94. The van der Waals surface area contributed by atoms with Gasteiger partial charge in [-0.15, -0.1) is 0 Å². The zero-order valence-electron chi connectivity index (χ0n) is 9.58. The molecule has 0 rings (SSSR count). The van der Waals surface area contributed by atoms with Gasteiger partial charge in [-0.1, -0.05) is 5.11 Å². The summed E-state index contributed by atoms with van der Waals surface area (Å²) in [6.45, 7) is 2.51. The number of aliphatic carboxylic acids is 1. The fourth-order valence-electron chi connectivity index (χ4n) is 0.851. The summed E-state index contributed by atoms with van der Waals surface area (Å²) in [5, 5.41) is 11.6. The highest BCUT2D eigenvalue weighted by molar-refractivity contribution is 5.66. The zero-order chi connectivity index (χ0) is 12.8. The van der Waals surface area contributed by atoms with Crippen LogP contribution in [0.25, 0.3) is 10.4 Å². The lowest BCUT2D eigenvalue weighted by Gasteiger charge is -2.05. The molecule has 0 saturated carbocycles. The van der Waals surface area contributed by atoms with Crippen LogP contribution < -0.4 is 0 Å². The highest BCUT2D eigenvalue weighted by atomic mass is 16.5. The van der Waals surface area contributed by atoms with Crippen LogP contribution in [0.2, 0.25) is 0 Å². The van der Waals surface area contributed by atoms with Gasteiger partial charge >= 0.3 is 5.97 Å². The second-order valence-electron chi connectivity index (χ2n) is 2.94. The molecule has 0 radical (unpaired) electrons. The second kappa shape index (κ2) is 12.7. The molecular weight excluding hydrogens is 230 g/mol. The molecular formula is C9H17N3O5. The fraction of sp³-hybridized carbons (Fsp3) is 0.889. The Labute approximate surface area is 99.1 Å². The smallest absolute Gasteiger partial charge is 0.305 e. The molecule has 0 heterocycles. The van der Waals surface area contributed by atoms with Gasteiger partial charge in [0.25, 0.3) is 0 Å². The lowest BCUT2D eigenvalue weighted by atomic mass is 10.5. The Kier molecular flexibility index (Phi) is 11.7. The highest BCUT2D eigenvalue weighted by Crippen LogP contribution is 1.85. The normalized spacial score (nSPS) is 9.88. The van der Waals surface area contributed by atoms with E-state index in [1.54, 1.807) is 0 Å². The summed E-state index contributed by atoms with van der Waals surface area (Å²) in [5.41, 5.74) is 7.97. The molecule has 8 nitrogen and oxygen atoms in total. The number of carboxylic acid groups (broad SMARTS) is 1. The van der Waals surface area contributed by atoms with E-state index < -0.39 is 5.97 Å². The predicted molar refractivity (Wildman–Crippen MR) is 58.7 cm³/mol. The largest absolute Gasteiger partial charge is 0.481 e. The van der Waals surface area contributed by atoms with Crippen LogP contribution in [0.5, 0.6) is 0 Å². The van der Waals surface area contributed by atoms with Gasteiger partial charge in [-0.3, -0.25) is 4.79 Å². The van der Waals surface area contributed by atoms with Crippen molar-refractivity contribution in [3.63, 3.8) is 0 Å². The molecule has 0 aromatic rings. The van der Waals surface area contributed by atoms with Crippen LogP contribution in [0, 0.1) is 0 Å². The summed E-state index contributed by atoms with van der Waals surface area (Å²) in [4.78, 5) is 12.7. The van der Waals surface area contributed by atoms with Crippen molar-refractivity contribution in [3.05, 3.63) is 10.4 Å². The third-order valence-electron chi connectivity index (χ3n) is 1.60. The summed E-state index contributed by atoms with van der Waals surface area (Å²) in [5.74, 6) is -0.876. The lowest BCUT2D eigenvalue weighted by molar-refractivity contribution is -0.138. The molecule has 0 atom stereocenters. The quantitative estimate of drug-likeness (QED) is 0.237. The summed E-state index contributed by atoms with van der Waals surface area (Å²) in [6.07, 6.45) is 0.00250. The Bertz CT molecular complexity index is 233. The minimum absolute atomic E-state index is 0.00250. The van der Waals surface area contributed by atoms with E-state index in [1.807, 2.05) is 0 Å². The summed E-state index contributed by atoms with van der Waals surface area (Å²) in [6, 6.07) is 0. The SMILES string of the molecule is [N-]=[N+]=NCCOCCOCCOCCC(=O)O. The van der Waals surface area contributed by atoms with E-state index in [0.29, 0.717) is 39.6 Å². The standard InChI is InChI=1S/C9H17N3O5/c10-12-11-2-4-16-6-8-17-7-5-15-3-1-9(13)14/h1-8H2,(H,13,14). The molecule has 0 unspecified atom stereocenters. The van der Waals surface area contributed by atoms with Gasteiger partial charge in [-0.2, -0.15) is 0 Å².